The van der Waals surface area contributed by atoms with Gasteiger partial charge in [-0.05, 0) is 61.7 Å². The monoisotopic (exact) mass is 730 g/mol. The second-order valence-corrected chi connectivity index (χ2v) is 14.8. The Labute approximate surface area is 308 Å². The molecule has 6 heterocycles. The van der Waals surface area contributed by atoms with Gasteiger partial charge in [-0.3, -0.25) is 19.3 Å². The Hall–Kier alpha value is -4.56. The lowest BCUT2D eigenvalue weighted by Crippen LogP contribution is -2.43. The summed E-state index contributed by atoms with van der Waals surface area (Å²) in [7, 11) is 3.32. The zero-order valence-electron chi connectivity index (χ0n) is 31.0. The molecule has 14 heteroatoms. The topological polar surface area (TPSA) is 101 Å². The number of hydrogen-bond acceptors (Lipinski definition) is 10. The molecule has 53 heavy (non-hydrogen) atoms. The molecular formula is C39H48F2N8O4. The van der Waals surface area contributed by atoms with Crippen LogP contribution in [-0.2, 0) is 42.0 Å². The molecule has 2 atom stereocenters. The van der Waals surface area contributed by atoms with Gasteiger partial charge in [0.15, 0.2) is 12.6 Å². The molecule has 8 rings (SSSR count). The normalized spacial score (nSPS) is 21.4. The molecule has 0 saturated carbocycles. The summed E-state index contributed by atoms with van der Waals surface area (Å²) in [6, 6.07) is 9.48. The first-order chi connectivity index (χ1) is 25.7. The zero-order valence-corrected chi connectivity index (χ0v) is 31.0. The van der Waals surface area contributed by atoms with Gasteiger partial charge in [-0.1, -0.05) is 13.0 Å². The first-order valence-electron chi connectivity index (χ1n) is 18.8. The number of carbonyl (C=O) groups is 1. The average molecular weight is 731 g/mol. The van der Waals surface area contributed by atoms with Crippen molar-refractivity contribution in [1.29, 1.82) is 0 Å². The minimum Gasteiger partial charge on any atom is -0.467 e. The van der Waals surface area contributed by atoms with E-state index in [9.17, 15) is 9.18 Å². The van der Waals surface area contributed by atoms with E-state index in [2.05, 4.69) is 14.7 Å². The number of halogens is 2. The predicted octanol–water partition coefficient (Wildman–Crippen LogP) is 5.42. The lowest BCUT2D eigenvalue weighted by Gasteiger charge is -2.35. The number of aromatic nitrogens is 4. The van der Waals surface area contributed by atoms with Gasteiger partial charge in [0.25, 0.3) is 0 Å². The van der Waals surface area contributed by atoms with Crippen LogP contribution in [0, 0.1) is 5.82 Å². The number of amides is 1. The van der Waals surface area contributed by atoms with E-state index in [1.54, 1.807) is 25.1 Å². The molecule has 12 nitrogen and oxygen atoms in total. The van der Waals surface area contributed by atoms with Crippen LogP contribution in [0.25, 0.3) is 10.8 Å². The molecule has 2 saturated heterocycles. The van der Waals surface area contributed by atoms with E-state index in [1.807, 2.05) is 29.8 Å². The third kappa shape index (κ3) is 6.64. The number of benzene rings is 2. The van der Waals surface area contributed by atoms with Gasteiger partial charge in [-0.15, -0.1) is 0 Å². The van der Waals surface area contributed by atoms with Crippen LogP contribution in [0.5, 0.6) is 11.8 Å². The molecule has 282 valence electrons. The summed E-state index contributed by atoms with van der Waals surface area (Å²) in [6.07, 6.45) is 3.52. The van der Waals surface area contributed by atoms with Crippen LogP contribution in [0.1, 0.15) is 62.0 Å². The summed E-state index contributed by atoms with van der Waals surface area (Å²) in [5.41, 5.74) is 4.07. The first kappa shape index (κ1) is 35.5. The van der Waals surface area contributed by atoms with Crippen molar-refractivity contribution in [2.24, 2.45) is 0 Å². The minimum atomic E-state index is -0.863. The van der Waals surface area contributed by atoms with Crippen molar-refractivity contribution in [2.45, 2.75) is 83.7 Å². The van der Waals surface area contributed by atoms with Gasteiger partial charge >= 0.3 is 6.01 Å². The fourth-order valence-corrected chi connectivity index (χ4v) is 8.79. The molecule has 2 aromatic carbocycles. The quantitative estimate of drug-likeness (QED) is 0.197. The number of hydrogen-bond donors (Lipinski definition) is 0. The molecule has 2 fully saturated rings. The third-order valence-electron chi connectivity index (χ3n) is 11.5. The van der Waals surface area contributed by atoms with E-state index in [1.165, 1.54) is 13.0 Å². The van der Waals surface area contributed by atoms with Crippen molar-refractivity contribution in [1.82, 2.24) is 24.6 Å². The summed E-state index contributed by atoms with van der Waals surface area (Å²) >= 11 is 0. The number of alkyl halides is 1. The highest BCUT2D eigenvalue weighted by atomic mass is 19.1. The molecule has 0 unspecified atom stereocenters. The molecule has 0 aliphatic carbocycles. The molecule has 2 aromatic heterocycles. The van der Waals surface area contributed by atoms with Gasteiger partial charge in [0, 0.05) is 82.5 Å². The van der Waals surface area contributed by atoms with Gasteiger partial charge in [-0.2, -0.15) is 15.1 Å². The highest BCUT2D eigenvalue weighted by molar-refractivity contribution is 5.98. The lowest BCUT2D eigenvalue weighted by molar-refractivity contribution is -0.116. The van der Waals surface area contributed by atoms with Crippen LogP contribution in [0.3, 0.4) is 0 Å². The number of aryl methyl sites for hydroxylation is 2. The highest BCUT2D eigenvalue weighted by Gasteiger charge is 2.49. The van der Waals surface area contributed by atoms with E-state index in [-0.39, 0.29) is 30.1 Å². The van der Waals surface area contributed by atoms with Crippen molar-refractivity contribution in [3.8, 4) is 11.8 Å². The second-order valence-electron chi connectivity index (χ2n) is 14.8. The number of ether oxygens (including phenoxy) is 3. The molecule has 1 amide bonds. The highest BCUT2D eigenvalue weighted by Crippen LogP contribution is 2.42. The minimum absolute atomic E-state index is 0.0784. The summed E-state index contributed by atoms with van der Waals surface area (Å²) in [6.45, 7) is 8.36. The molecule has 0 radical (unpaired) electrons. The first-order valence-corrected chi connectivity index (χ1v) is 18.8. The van der Waals surface area contributed by atoms with Gasteiger partial charge in [-0.25, -0.2) is 8.78 Å². The Kier molecular flexibility index (Phi) is 9.60. The van der Waals surface area contributed by atoms with Crippen LogP contribution >= 0.6 is 0 Å². The van der Waals surface area contributed by atoms with E-state index in [4.69, 9.17) is 29.3 Å². The van der Waals surface area contributed by atoms with Gasteiger partial charge in [0.1, 0.15) is 30.2 Å². The van der Waals surface area contributed by atoms with E-state index in [0.717, 1.165) is 78.1 Å². The Morgan fingerprint density at radius 2 is 1.92 bits per heavy atom. The average Bonchev–Trinajstić information content (AvgIpc) is 3.78. The summed E-state index contributed by atoms with van der Waals surface area (Å²) in [4.78, 5) is 30.6. The van der Waals surface area contributed by atoms with Crippen LogP contribution < -0.4 is 24.2 Å². The lowest BCUT2D eigenvalue weighted by atomic mass is 9.95. The number of anilines is 3. The summed E-state index contributed by atoms with van der Waals surface area (Å²) in [5.74, 6) is 1.77. The standard InChI is InChI=1S/C39H48F2N8O4/c1-5-30-32(41)9-8-26-16-29(53-24-51-4)18-34(36(26)30)46-15-10-31-33(22-46)42-38(52-23-39-11-6-13-48(39)20-27(40)19-39)43-37(31)47-12-7-14-49-28(21-47)17-35(44-49)45(3)25(2)50/h8-9,16-18,27H,5-7,10-15,19-24H2,1-4H3/t27-,39+/m1/s1. The maximum absolute atomic E-state index is 15.3. The maximum atomic E-state index is 15.3. The molecule has 4 aliphatic heterocycles. The molecule has 0 spiro atoms. The Morgan fingerprint density at radius 3 is 2.74 bits per heavy atom. The van der Waals surface area contributed by atoms with Gasteiger partial charge in [0.05, 0.1) is 30.0 Å². The van der Waals surface area contributed by atoms with Crippen LogP contribution in [0.4, 0.5) is 26.1 Å². The van der Waals surface area contributed by atoms with E-state index in [0.29, 0.717) is 69.2 Å². The Morgan fingerprint density at radius 1 is 1.06 bits per heavy atom. The smallest absolute Gasteiger partial charge is 0.318 e. The van der Waals surface area contributed by atoms with Crippen molar-refractivity contribution in [3.63, 3.8) is 0 Å². The fourth-order valence-electron chi connectivity index (χ4n) is 8.79. The number of fused-ring (bicyclic) bond motifs is 4. The largest absolute Gasteiger partial charge is 0.467 e. The summed E-state index contributed by atoms with van der Waals surface area (Å²) < 4.78 is 49.6. The van der Waals surface area contributed by atoms with Crippen molar-refractivity contribution >= 4 is 34.0 Å². The molecular weight excluding hydrogens is 682 g/mol. The van der Waals surface area contributed by atoms with Crippen LogP contribution in [0.2, 0.25) is 0 Å². The maximum Gasteiger partial charge on any atom is 0.318 e. The van der Waals surface area contributed by atoms with E-state index < -0.39 is 6.17 Å². The van der Waals surface area contributed by atoms with Crippen molar-refractivity contribution in [2.75, 3.05) is 68.4 Å². The molecule has 4 aliphatic rings. The Bertz CT molecular complexity index is 2030. The van der Waals surface area contributed by atoms with Gasteiger partial charge < -0.3 is 24.0 Å². The second kappa shape index (κ2) is 14.3. The number of nitrogens with zero attached hydrogens (tertiary/aromatic N) is 8. The Balaban J connectivity index is 1.18. The number of carbonyl (C=O) groups excluding carboxylic acids is 1. The van der Waals surface area contributed by atoms with Crippen molar-refractivity contribution in [3.05, 3.63) is 58.7 Å². The zero-order chi connectivity index (χ0) is 36.9. The third-order valence-corrected chi connectivity index (χ3v) is 11.5. The number of rotatable bonds is 10. The van der Waals surface area contributed by atoms with Gasteiger partial charge in [0.2, 0.25) is 5.91 Å². The van der Waals surface area contributed by atoms with Crippen molar-refractivity contribution < 1.29 is 27.8 Å². The molecule has 4 aromatic rings. The SMILES string of the molecule is CCc1c(F)ccc2cc(OCOC)cc(N3CCc4c(nc(OC[C@@]56CCCN5C[C@H](F)C6)nc4N4CCCn5nc(N(C)C(C)=O)cc5C4)C3)c12. The fraction of sp³-hybridized carbons (Fsp3) is 0.538. The summed E-state index contributed by atoms with van der Waals surface area (Å²) in [5, 5.41) is 6.49. The predicted molar refractivity (Wildman–Crippen MR) is 198 cm³/mol. The van der Waals surface area contributed by atoms with E-state index >= 15 is 4.39 Å². The van der Waals surface area contributed by atoms with Crippen LogP contribution in [-0.4, -0.2) is 96.0 Å². The number of methoxy groups -OCH3 is 1. The van der Waals surface area contributed by atoms with Crippen LogP contribution in [0.15, 0.2) is 30.3 Å². The molecule has 0 bridgehead atoms. The molecule has 0 N–H and O–H groups in total.